The number of carbonyl (C=O) groups is 1. The Morgan fingerprint density at radius 2 is 1.92 bits per heavy atom. The fourth-order valence-electron chi connectivity index (χ4n) is 5.79. The van der Waals surface area contributed by atoms with Crippen LogP contribution in [0.2, 0.25) is 0 Å². The molecule has 2 aliphatic rings. The average molecular weight is 505 g/mol. The van der Waals surface area contributed by atoms with Gasteiger partial charge >= 0.3 is 6.18 Å². The number of hydrogen-bond acceptors (Lipinski definition) is 4. The standard InChI is InChI=1S/C25H24F5N5O/c1-23(27,25(28,29)30)17-5-8-19-16(12-17)4-9-20-24(19,14-15-2-6-18(26)7-3-15)10-11-35(20)22(36)13-21-31-33-34-32-21/h2-3,5-8,12,20H,4,9-11,13-14H2,1H3,(H,31,32,33,34)/t20-,23?,24-/m1/s1. The zero-order valence-electron chi connectivity index (χ0n) is 19.4. The van der Waals surface area contributed by atoms with E-state index in [2.05, 4.69) is 20.6 Å². The van der Waals surface area contributed by atoms with Gasteiger partial charge < -0.3 is 4.90 Å². The molecule has 2 aromatic carbocycles. The number of aromatic nitrogens is 4. The summed E-state index contributed by atoms with van der Waals surface area (Å²) < 4.78 is 68.5. The smallest absolute Gasteiger partial charge is 0.338 e. The third kappa shape index (κ3) is 4.04. The van der Waals surface area contributed by atoms with Gasteiger partial charge in [-0.1, -0.05) is 30.3 Å². The van der Waals surface area contributed by atoms with E-state index in [1.807, 2.05) is 0 Å². The van der Waals surface area contributed by atoms with Gasteiger partial charge in [-0.25, -0.2) is 13.9 Å². The molecule has 0 radical (unpaired) electrons. The Morgan fingerprint density at radius 1 is 1.17 bits per heavy atom. The lowest BCUT2D eigenvalue weighted by molar-refractivity contribution is -0.228. The number of aromatic amines is 1. The summed E-state index contributed by atoms with van der Waals surface area (Å²) in [4.78, 5) is 15.0. The second kappa shape index (κ2) is 8.63. The number of carbonyl (C=O) groups excluding carboxylic acids is 1. The van der Waals surface area contributed by atoms with Crippen LogP contribution in [-0.2, 0) is 35.1 Å². The summed E-state index contributed by atoms with van der Waals surface area (Å²) in [6, 6.07) is 9.94. The van der Waals surface area contributed by atoms with Crippen molar-refractivity contribution < 1.29 is 26.7 Å². The van der Waals surface area contributed by atoms with Gasteiger partial charge in [0, 0.05) is 18.0 Å². The third-order valence-electron chi connectivity index (χ3n) is 7.68. The van der Waals surface area contributed by atoms with Crippen LogP contribution >= 0.6 is 0 Å². The first-order valence-electron chi connectivity index (χ1n) is 11.7. The van der Waals surface area contributed by atoms with E-state index in [9.17, 15) is 26.7 Å². The number of tetrazole rings is 1. The van der Waals surface area contributed by atoms with Gasteiger partial charge in [-0.3, -0.25) is 4.79 Å². The maximum atomic E-state index is 14.8. The van der Waals surface area contributed by atoms with Gasteiger partial charge in [0.05, 0.1) is 6.42 Å². The molecule has 190 valence electrons. The van der Waals surface area contributed by atoms with Gasteiger partial charge in [0.25, 0.3) is 0 Å². The van der Waals surface area contributed by atoms with Crippen LogP contribution in [0.15, 0.2) is 42.5 Å². The number of benzene rings is 2. The van der Waals surface area contributed by atoms with E-state index in [1.54, 1.807) is 23.1 Å². The highest BCUT2D eigenvalue weighted by Crippen LogP contribution is 2.51. The molecule has 5 rings (SSSR count). The normalized spacial score (nSPS) is 23.2. The molecule has 3 aromatic rings. The summed E-state index contributed by atoms with van der Waals surface area (Å²) in [5, 5.41) is 13.4. The molecule has 1 amide bonds. The Hall–Kier alpha value is -3.37. The first-order chi connectivity index (χ1) is 17.0. The predicted molar refractivity (Wildman–Crippen MR) is 119 cm³/mol. The van der Waals surface area contributed by atoms with E-state index in [-0.39, 0.29) is 24.2 Å². The number of nitrogens with zero attached hydrogens (tertiary/aromatic N) is 4. The molecule has 0 spiro atoms. The number of alkyl halides is 4. The zero-order chi connectivity index (χ0) is 25.7. The molecule has 1 saturated heterocycles. The van der Waals surface area contributed by atoms with Gasteiger partial charge in [0.2, 0.25) is 11.6 Å². The minimum absolute atomic E-state index is 0.00624. The molecular weight excluding hydrogens is 481 g/mol. The van der Waals surface area contributed by atoms with Crippen molar-refractivity contribution in [3.63, 3.8) is 0 Å². The van der Waals surface area contributed by atoms with Crippen molar-refractivity contribution in [1.82, 2.24) is 25.5 Å². The second-order valence-electron chi connectivity index (χ2n) is 9.75. The van der Waals surface area contributed by atoms with Crippen molar-refractivity contribution in [3.05, 3.63) is 76.4 Å². The third-order valence-corrected chi connectivity index (χ3v) is 7.68. The summed E-state index contributed by atoms with van der Waals surface area (Å²) >= 11 is 0. The second-order valence-corrected chi connectivity index (χ2v) is 9.75. The highest BCUT2D eigenvalue weighted by atomic mass is 19.4. The van der Waals surface area contributed by atoms with Crippen LogP contribution in [0.1, 0.15) is 47.8 Å². The molecule has 1 unspecified atom stereocenters. The van der Waals surface area contributed by atoms with E-state index in [4.69, 9.17) is 0 Å². The van der Waals surface area contributed by atoms with Crippen LogP contribution < -0.4 is 0 Å². The molecule has 1 aromatic heterocycles. The zero-order valence-corrected chi connectivity index (χ0v) is 19.4. The largest absolute Gasteiger partial charge is 0.426 e. The van der Waals surface area contributed by atoms with E-state index < -0.39 is 22.8 Å². The van der Waals surface area contributed by atoms with Gasteiger partial charge in [0.15, 0.2) is 5.82 Å². The Balaban J connectivity index is 1.54. The molecule has 3 atom stereocenters. The van der Waals surface area contributed by atoms with Crippen LogP contribution in [0.25, 0.3) is 0 Å². The molecule has 36 heavy (non-hydrogen) atoms. The summed E-state index contributed by atoms with van der Waals surface area (Å²) in [5.74, 6) is -0.195. The minimum Gasteiger partial charge on any atom is -0.338 e. The predicted octanol–water partition coefficient (Wildman–Crippen LogP) is 4.36. The number of aryl methyl sites for hydroxylation is 1. The molecule has 6 nitrogen and oxygen atoms in total. The van der Waals surface area contributed by atoms with Crippen molar-refractivity contribution in [2.45, 2.75) is 62.3 Å². The maximum absolute atomic E-state index is 14.8. The number of fused-ring (bicyclic) bond motifs is 3. The number of likely N-dealkylation sites (tertiary alicyclic amines) is 1. The monoisotopic (exact) mass is 505 g/mol. The molecule has 1 aliphatic carbocycles. The quantitative estimate of drug-likeness (QED) is 0.523. The SMILES string of the molecule is CC(F)(c1ccc2c(c1)CC[C@H]1N(C(=O)Cc3nnn[nH]3)CC[C@@]21Cc1ccc(F)cc1)C(F)(F)F. The summed E-state index contributed by atoms with van der Waals surface area (Å²) in [6.45, 7) is 0.972. The maximum Gasteiger partial charge on any atom is 0.426 e. The Kier molecular flexibility index (Phi) is 5.83. The van der Waals surface area contributed by atoms with Crippen molar-refractivity contribution in [3.8, 4) is 0 Å². The first-order valence-corrected chi connectivity index (χ1v) is 11.7. The van der Waals surface area contributed by atoms with Crippen LogP contribution in [0.3, 0.4) is 0 Å². The summed E-state index contributed by atoms with van der Waals surface area (Å²) in [5.41, 5.74) is -2.23. The molecule has 1 fully saturated rings. The molecular formula is C25H24F5N5O. The lowest BCUT2D eigenvalue weighted by Crippen LogP contribution is -2.49. The fraction of sp³-hybridized carbons (Fsp3) is 0.440. The molecule has 2 heterocycles. The van der Waals surface area contributed by atoms with E-state index >= 15 is 0 Å². The highest BCUT2D eigenvalue weighted by Gasteiger charge is 2.55. The number of H-pyrrole nitrogens is 1. The fourth-order valence-corrected chi connectivity index (χ4v) is 5.79. The lowest BCUT2D eigenvalue weighted by Gasteiger charge is -2.44. The summed E-state index contributed by atoms with van der Waals surface area (Å²) in [6.07, 6.45) is -3.12. The molecule has 1 aliphatic heterocycles. The highest BCUT2D eigenvalue weighted by molar-refractivity contribution is 5.79. The molecule has 0 saturated carbocycles. The number of amides is 1. The first kappa shape index (κ1) is 24.3. The molecule has 0 bridgehead atoms. The van der Waals surface area contributed by atoms with Crippen molar-refractivity contribution >= 4 is 5.91 Å². The number of rotatable bonds is 5. The Morgan fingerprint density at radius 3 is 2.58 bits per heavy atom. The van der Waals surface area contributed by atoms with Crippen LogP contribution in [0.5, 0.6) is 0 Å². The van der Waals surface area contributed by atoms with Crippen molar-refractivity contribution in [2.75, 3.05) is 6.54 Å². The lowest BCUT2D eigenvalue weighted by atomic mass is 9.63. The number of hydrogen-bond donors (Lipinski definition) is 1. The van der Waals surface area contributed by atoms with Gasteiger partial charge in [0.1, 0.15) is 5.82 Å². The van der Waals surface area contributed by atoms with Crippen molar-refractivity contribution in [2.24, 2.45) is 0 Å². The van der Waals surface area contributed by atoms with Crippen LogP contribution in [0, 0.1) is 5.82 Å². The van der Waals surface area contributed by atoms with Gasteiger partial charge in [-0.2, -0.15) is 13.2 Å². The van der Waals surface area contributed by atoms with Gasteiger partial charge in [-0.15, -0.1) is 5.10 Å². The molecule has 1 N–H and O–H groups in total. The van der Waals surface area contributed by atoms with E-state index in [1.165, 1.54) is 24.3 Å². The van der Waals surface area contributed by atoms with Gasteiger partial charge in [-0.05, 0) is 77.4 Å². The van der Waals surface area contributed by atoms with Crippen LogP contribution in [-0.4, -0.2) is 50.2 Å². The number of nitrogens with one attached hydrogen (secondary N) is 1. The average Bonchev–Trinajstić information content (AvgIpc) is 3.47. The Bertz CT molecular complexity index is 1260. The number of halogens is 5. The van der Waals surface area contributed by atoms with E-state index in [0.717, 1.165) is 11.1 Å². The van der Waals surface area contributed by atoms with Crippen molar-refractivity contribution in [1.29, 1.82) is 0 Å². The molecule has 11 heteroatoms. The summed E-state index contributed by atoms with van der Waals surface area (Å²) in [7, 11) is 0. The Labute approximate surface area is 203 Å². The van der Waals surface area contributed by atoms with Crippen LogP contribution in [0.4, 0.5) is 22.0 Å². The topological polar surface area (TPSA) is 74.8 Å². The minimum atomic E-state index is -5.05. The van der Waals surface area contributed by atoms with E-state index in [0.29, 0.717) is 50.5 Å².